The molecule has 0 radical (unpaired) electrons. The van der Waals surface area contributed by atoms with Crippen LogP contribution in [-0.2, 0) is 0 Å². The largest absolute Gasteiger partial charge is 0.478 e. The van der Waals surface area contributed by atoms with Crippen molar-refractivity contribution in [1.82, 2.24) is 0 Å². The van der Waals surface area contributed by atoms with Gasteiger partial charge in [0.25, 0.3) is 0 Å². The molecule has 3 nitrogen and oxygen atoms in total. The van der Waals surface area contributed by atoms with Crippen LogP contribution in [0.15, 0.2) is 18.2 Å². The fourth-order valence-electron chi connectivity index (χ4n) is 3.07. The first-order valence-corrected chi connectivity index (χ1v) is 7.06. The SMILES string of the molecule is Cc1cc(N(C)C2CCCC(C)C2)ccc1C(=O)O. The Balaban J connectivity index is 2.17. The van der Waals surface area contributed by atoms with Gasteiger partial charge in [-0.3, -0.25) is 0 Å². The molecule has 19 heavy (non-hydrogen) atoms. The van der Waals surface area contributed by atoms with Crippen molar-refractivity contribution in [3.05, 3.63) is 29.3 Å². The summed E-state index contributed by atoms with van der Waals surface area (Å²) < 4.78 is 0. The van der Waals surface area contributed by atoms with Crippen molar-refractivity contribution in [2.45, 2.75) is 45.6 Å². The molecule has 2 rings (SSSR count). The van der Waals surface area contributed by atoms with Crippen LogP contribution < -0.4 is 4.90 Å². The molecule has 0 bridgehead atoms. The maximum absolute atomic E-state index is 11.0. The van der Waals surface area contributed by atoms with Crippen molar-refractivity contribution in [1.29, 1.82) is 0 Å². The Hall–Kier alpha value is -1.51. The molecule has 1 aliphatic carbocycles. The highest BCUT2D eigenvalue weighted by molar-refractivity contribution is 5.89. The van der Waals surface area contributed by atoms with E-state index in [1.165, 1.54) is 25.7 Å². The summed E-state index contributed by atoms with van der Waals surface area (Å²) in [6.07, 6.45) is 5.10. The monoisotopic (exact) mass is 261 g/mol. The maximum atomic E-state index is 11.0. The fraction of sp³-hybridized carbons (Fsp3) is 0.562. The number of aryl methyl sites for hydroxylation is 1. The third-order valence-electron chi connectivity index (χ3n) is 4.30. The lowest BCUT2D eigenvalue weighted by Gasteiger charge is -2.35. The van der Waals surface area contributed by atoms with Gasteiger partial charge in [-0.25, -0.2) is 4.79 Å². The van der Waals surface area contributed by atoms with Crippen molar-refractivity contribution in [3.63, 3.8) is 0 Å². The topological polar surface area (TPSA) is 40.5 Å². The van der Waals surface area contributed by atoms with Gasteiger partial charge in [-0.1, -0.05) is 19.8 Å². The van der Waals surface area contributed by atoms with Gasteiger partial charge in [0.05, 0.1) is 5.56 Å². The van der Waals surface area contributed by atoms with Gasteiger partial charge in [-0.2, -0.15) is 0 Å². The molecule has 0 spiro atoms. The van der Waals surface area contributed by atoms with Crippen molar-refractivity contribution in [3.8, 4) is 0 Å². The zero-order chi connectivity index (χ0) is 14.0. The normalized spacial score (nSPS) is 23.1. The van der Waals surface area contributed by atoms with Gasteiger partial charge in [0.2, 0.25) is 0 Å². The standard InChI is InChI=1S/C16H23NO2/c1-11-5-4-6-13(9-11)17(3)14-7-8-15(16(18)19)12(2)10-14/h7-8,10-11,13H,4-6,9H2,1-3H3,(H,18,19). The minimum atomic E-state index is -0.849. The number of rotatable bonds is 3. The second kappa shape index (κ2) is 5.64. The lowest BCUT2D eigenvalue weighted by atomic mass is 9.86. The second-order valence-corrected chi connectivity index (χ2v) is 5.84. The van der Waals surface area contributed by atoms with Crippen molar-refractivity contribution in [2.24, 2.45) is 5.92 Å². The molecule has 0 aromatic heterocycles. The average molecular weight is 261 g/mol. The molecule has 0 saturated heterocycles. The molecular formula is C16H23NO2. The lowest BCUT2D eigenvalue weighted by molar-refractivity contribution is 0.0696. The van der Waals surface area contributed by atoms with E-state index in [1.807, 2.05) is 19.1 Å². The Morgan fingerprint density at radius 2 is 2.11 bits per heavy atom. The van der Waals surface area contributed by atoms with E-state index < -0.39 is 5.97 Å². The summed E-state index contributed by atoms with van der Waals surface area (Å²) in [6.45, 7) is 4.18. The number of nitrogens with zero attached hydrogens (tertiary/aromatic N) is 1. The summed E-state index contributed by atoms with van der Waals surface area (Å²) in [7, 11) is 2.12. The average Bonchev–Trinajstić information content (AvgIpc) is 2.37. The minimum Gasteiger partial charge on any atom is -0.478 e. The molecular weight excluding hydrogens is 238 g/mol. The van der Waals surface area contributed by atoms with Crippen molar-refractivity contribution in [2.75, 3.05) is 11.9 Å². The lowest BCUT2D eigenvalue weighted by Crippen LogP contribution is -2.35. The zero-order valence-corrected chi connectivity index (χ0v) is 12.0. The van der Waals surface area contributed by atoms with Gasteiger partial charge in [0.1, 0.15) is 0 Å². The number of carboxylic acids is 1. The summed E-state index contributed by atoms with van der Waals surface area (Å²) >= 11 is 0. The maximum Gasteiger partial charge on any atom is 0.335 e. The van der Waals surface area contributed by atoms with Crippen LogP contribution in [0.2, 0.25) is 0 Å². The number of anilines is 1. The highest BCUT2D eigenvalue weighted by Crippen LogP contribution is 2.30. The first-order chi connectivity index (χ1) is 8.99. The van der Waals surface area contributed by atoms with E-state index in [-0.39, 0.29) is 0 Å². The third kappa shape index (κ3) is 3.09. The fourth-order valence-corrected chi connectivity index (χ4v) is 3.07. The molecule has 2 unspecified atom stereocenters. The number of hydrogen-bond acceptors (Lipinski definition) is 2. The summed E-state index contributed by atoms with van der Waals surface area (Å²) in [6, 6.07) is 6.22. The predicted octanol–water partition coefficient (Wildman–Crippen LogP) is 3.71. The van der Waals surface area contributed by atoms with Gasteiger partial charge in [-0.05, 0) is 49.4 Å². The quantitative estimate of drug-likeness (QED) is 0.901. The molecule has 1 fully saturated rings. The van der Waals surface area contributed by atoms with Crippen LogP contribution >= 0.6 is 0 Å². The Morgan fingerprint density at radius 1 is 1.37 bits per heavy atom. The van der Waals surface area contributed by atoms with Crippen LogP contribution in [0.3, 0.4) is 0 Å². The van der Waals surface area contributed by atoms with Crippen LogP contribution in [0, 0.1) is 12.8 Å². The van der Waals surface area contributed by atoms with Gasteiger partial charge < -0.3 is 10.0 Å². The van der Waals surface area contributed by atoms with E-state index in [9.17, 15) is 4.79 Å². The van der Waals surface area contributed by atoms with Crippen molar-refractivity contribution >= 4 is 11.7 Å². The molecule has 0 amide bonds. The number of hydrogen-bond donors (Lipinski definition) is 1. The van der Waals surface area contributed by atoms with E-state index in [4.69, 9.17) is 5.11 Å². The smallest absolute Gasteiger partial charge is 0.335 e. The molecule has 3 heteroatoms. The zero-order valence-electron chi connectivity index (χ0n) is 12.0. The number of carboxylic acid groups (broad SMARTS) is 1. The first-order valence-electron chi connectivity index (χ1n) is 7.06. The number of benzene rings is 1. The molecule has 1 aromatic rings. The van der Waals surface area contributed by atoms with Crippen LogP contribution in [0.25, 0.3) is 0 Å². The van der Waals surface area contributed by atoms with Gasteiger partial charge in [0.15, 0.2) is 0 Å². The Labute approximate surface area is 115 Å². The van der Waals surface area contributed by atoms with Crippen LogP contribution in [0.1, 0.15) is 48.5 Å². The van der Waals surface area contributed by atoms with E-state index >= 15 is 0 Å². The molecule has 1 aromatic carbocycles. The highest BCUT2D eigenvalue weighted by Gasteiger charge is 2.23. The third-order valence-corrected chi connectivity index (χ3v) is 4.30. The Kier molecular flexibility index (Phi) is 4.13. The second-order valence-electron chi connectivity index (χ2n) is 5.84. The summed E-state index contributed by atoms with van der Waals surface area (Å²) in [5, 5.41) is 9.06. The van der Waals surface area contributed by atoms with Crippen LogP contribution in [-0.4, -0.2) is 24.2 Å². The number of carbonyl (C=O) groups is 1. The molecule has 1 saturated carbocycles. The molecule has 1 N–H and O–H groups in total. The van der Waals surface area contributed by atoms with Gasteiger partial charge in [-0.15, -0.1) is 0 Å². The first kappa shape index (κ1) is 13.9. The highest BCUT2D eigenvalue weighted by atomic mass is 16.4. The van der Waals surface area contributed by atoms with Crippen molar-refractivity contribution < 1.29 is 9.90 Å². The van der Waals surface area contributed by atoms with Gasteiger partial charge in [0, 0.05) is 18.8 Å². The van der Waals surface area contributed by atoms with E-state index in [2.05, 4.69) is 18.9 Å². The number of aromatic carboxylic acids is 1. The summed E-state index contributed by atoms with van der Waals surface area (Å²) in [5.41, 5.74) is 2.36. The Bertz CT molecular complexity index is 470. The van der Waals surface area contributed by atoms with Crippen LogP contribution in [0.5, 0.6) is 0 Å². The molecule has 0 heterocycles. The van der Waals surface area contributed by atoms with E-state index in [0.29, 0.717) is 11.6 Å². The van der Waals surface area contributed by atoms with Gasteiger partial charge >= 0.3 is 5.97 Å². The minimum absolute atomic E-state index is 0.397. The van der Waals surface area contributed by atoms with E-state index in [1.54, 1.807) is 6.07 Å². The van der Waals surface area contributed by atoms with E-state index in [0.717, 1.165) is 17.2 Å². The molecule has 2 atom stereocenters. The summed E-state index contributed by atoms with van der Waals surface area (Å²) in [5.74, 6) is -0.0569. The summed E-state index contributed by atoms with van der Waals surface area (Å²) in [4.78, 5) is 13.3. The molecule has 104 valence electrons. The predicted molar refractivity (Wildman–Crippen MR) is 78.0 cm³/mol. The molecule has 1 aliphatic rings. The van der Waals surface area contributed by atoms with Crippen LogP contribution in [0.4, 0.5) is 5.69 Å². The Morgan fingerprint density at radius 3 is 2.68 bits per heavy atom. The molecule has 0 aliphatic heterocycles.